The van der Waals surface area contributed by atoms with Crippen molar-refractivity contribution in [2.24, 2.45) is 0 Å². The molecule has 17 heavy (non-hydrogen) atoms. The summed E-state index contributed by atoms with van der Waals surface area (Å²) in [6.45, 7) is 2.95. The van der Waals surface area contributed by atoms with E-state index >= 15 is 0 Å². The van der Waals surface area contributed by atoms with Crippen molar-refractivity contribution in [2.45, 2.75) is 29.4 Å². The highest BCUT2D eigenvalue weighted by atomic mass is 32.2. The number of rotatable bonds is 3. The molecule has 0 radical (unpaired) electrons. The van der Waals surface area contributed by atoms with Gasteiger partial charge in [0.05, 0.1) is 5.56 Å². The lowest BCUT2D eigenvalue weighted by Gasteiger charge is -2.23. The van der Waals surface area contributed by atoms with Gasteiger partial charge in [0.2, 0.25) is 0 Å². The minimum atomic E-state index is -0.0238. The maximum absolute atomic E-state index is 12.0. The van der Waals surface area contributed by atoms with Gasteiger partial charge in [-0.15, -0.1) is 12.6 Å². The van der Waals surface area contributed by atoms with Crippen LogP contribution in [0.2, 0.25) is 0 Å². The number of carbonyl (C=O) groups excluding carboxylic acids is 1. The summed E-state index contributed by atoms with van der Waals surface area (Å²) in [6.07, 6.45) is 2.43. The second-order valence-electron chi connectivity index (χ2n) is 4.60. The lowest BCUT2D eigenvalue weighted by Crippen LogP contribution is -2.36. The van der Waals surface area contributed by atoms with Crippen LogP contribution in [-0.4, -0.2) is 23.0 Å². The first-order chi connectivity index (χ1) is 8.11. The normalized spacial score (nSPS) is 23.6. The molecule has 0 saturated carbocycles. The third-order valence-electron chi connectivity index (χ3n) is 3.07. The molecule has 2 nitrogen and oxygen atoms in total. The first-order valence-electron chi connectivity index (χ1n) is 5.81. The Bertz CT molecular complexity index is 414. The highest BCUT2D eigenvalue weighted by molar-refractivity contribution is 8.00. The molecule has 92 valence electrons. The predicted molar refractivity (Wildman–Crippen MR) is 76.1 cm³/mol. The zero-order chi connectivity index (χ0) is 12.3. The molecule has 1 N–H and O–H groups in total. The third kappa shape index (κ3) is 3.19. The SMILES string of the molecule is CC1(CNC(=O)c2ccccc2S)CCCS1. The van der Waals surface area contributed by atoms with Crippen LogP contribution in [-0.2, 0) is 0 Å². The maximum Gasteiger partial charge on any atom is 0.252 e. The summed E-state index contributed by atoms with van der Waals surface area (Å²) in [6, 6.07) is 7.39. The predicted octanol–water partition coefficient (Wildman–Crippen LogP) is 2.99. The molecule has 1 amide bonds. The molecule has 2 rings (SSSR count). The van der Waals surface area contributed by atoms with Crippen LogP contribution in [0.5, 0.6) is 0 Å². The van der Waals surface area contributed by atoms with Gasteiger partial charge in [0.1, 0.15) is 0 Å². The summed E-state index contributed by atoms with van der Waals surface area (Å²) in [7, 11) is 0. The molecule has 1 atom stereocenters. The average Bonchev–Trinajstić information content (AvgIpc) is 2.74. The Balaban J connectivity index is 1.96. The van der Waals surface area contributed by atoms with Gasteiger partial charge in [0, 0.05) is 16.2 Å². The van der Waals surface area contributed by atoms with Gasteiger partial charge in [-0.05, 0) is 37.7 Å². The Labute approximate surface area is 112 Å². The van der Waals surface area contributed by atoms with Crippen molar-refractivity contribution in [2.75, 3.05) is 12.3 Å². The number of hydrogen-bond acceptors (Lipinski definition) is 3. The lowest BCUT2D eigenvalue weighted by molar-refractivity contribution is 0.0947. The molecule has 1 aliphatic rings. The Hall–Kier alpha value is -0.610. The van der Waals surface area contributed by atoms with Crippen LogP contribution >= 0.6 is 24.4 Å². The monoisotopic (exact) mass is 267 g/mol. The van der Waals surface area contributed by atoms with Crippen LogP contribution in [0.1, 0.15) is 30.1 Å². The summed E-state index contributed by atoms with van der Waals surface area (Å²) < 4.78 is 0.210. The van der Waals surface area contributed by atoms with Crippen LogP contribution in [0.4, 0.5) is 0 Å². The van der Waals surface area contributed by atoms with E-state index in [4.69, 9.17) is 0 Å². The number of amides is 1. The van der Waals surface area contributed by atoms with E-state index in [1.807, 2.05) is 36.0 Å². The zero-order valence-electron chi connectivity index (χ0n) is 9.90. The Kier molecular flexibility index (Phi) is 4.05. The van der Waals surface area contributed by atoms with E-state index in [1.165, 1.54) is 18.6 Å². The smallest absolute Gasteiger partial charge is 0.252 e. The molecule has 1 heterocycles. The summed E-state index contributed by atoms with van der Waals surface area (Å²) in [5.74, 6) is 1.18. The largest absolute Gasteiger partial charge is 0.351 e. The van der Waals surface area contributed by atoms with Gasteiger partial charge in [-0.3, -0.25) is 4.79 Å². The van der Waals surface area contributed by atoms with Crippen molar-refractivity contribution < 1.29 is 4.79 Å². The van der Waals surface area contributed by atoms with Crippen molar-refractivity contribution in [3.8, 4) is 0 Å². The number of nitrogens with one attached hydrogen (secondary N) is 1. The lowest BCUT2D eigenvalue weighted by atomic mass is 10.1. The van der Waals surface area contributed by atoms with Crippen LogP contribution < -0.4 is 5.32 Å². The topological polar surface area (TPSA) is 29.1 Å². The van der Waals surface area contributed by atoms with Crippen molar-refractivity contribution >= 4 is 30.3 Å². The minimum Gasteiger partial charge on any atom is -0.351 e. The maximum atomic E-state index is 12.0. The average molecular weight is 267 g/mol. The fraction of sp³-hybridized carbons (Fsp3) is 0.462. The molecule has 4 heteroatoms. The molecule has 0 bridgehead atoms. The molecule has 0 aliphatic carbocycles. The first kappa shape index (κ1) is 12.8. The molecule has 1 fully saturated rings. The summed E-state index contributed by atoms with van der Waals surface area (Å²) in [4.78, 5) is 12.7. The Morgan fingerprint density at radius 3 is 2.94 bits per heavy atom. The molecule has 1 saturated heterocycles. The van der Waals surface area contributed by atoms with E-state index in [0.717, 1.165) is 11.4 Å². The van der Waals surface area contributed by atoms with Gasteiger partial charge in [0.25, 0.3) is 5.91 Å². The van der Waals surface area contributed by atoms with Crippen LogP contribution in [0.3, 0.4) is 0 Å². The van der Waals surface area contributed by atoms with Gasteiger partial charge in [-0.1, -0.05) is 12.1 Å². The summed E-state index contributed by atoms with van der Waals surface area (Å²) in [5, 5.41) is 3.01. The highest BCUT2D eigenvalue weighted by Gasteiger charge is 2.29. The molecule has 1 aromatic carbocycles. The number of benzene rings is 1. The standard InChI is InChI=1S/C13H17NOS2/c1-13(7-4-8-17-13)9-14-12(15)10-5-2-3-6-11(10)16/h2-3,5-6,16H,4,7-9H2,1H3,(H,14,15). The van der Waals surface area contributed by atoms with Gasteiger partial charge in [-0.2, -0.15) is 11.8 Å². The minimum absolute atomic E-state index is 0.0238. The number of thiol groups is 1. The molecule has 0 spiro atoms. The van der Waals surface area contributed by atoms with E-state index in [1.54, 1.807) is 0 Å². The Morgan fingerprint density at radius 1 is 1.53 bits per heavy atom. The Morgan fingerprint density at radius 2 is 2.29 bits per heavy atom. The molecule has 0 aromatic heterocycles. The van der Waals surface area contributed by atoms with Crippen LogP contribution in [0.25, 0.3) is 0 Å². The number of hydrogen-bond donors (Lipinski definition) is 2. The highest BCUT2D eigenvalue weighted by Crippen LogP contribution is 2.37. The van der Waals surface area contributed by atoms with Crippen LogP contribution in [0.15, 0.2) is 29.2 Å². The molecule has 1 aromatic rings. The molecular formula is C13H17NOS2. The van der Waals surface area contributed by atoms with E-state index < -0.39 is 0 Å². The van der Waals surface area contributed by atoms with Crippen molar-refractivity contribution in [1.82, 2.24) is 5.32 Å². The number of thioether (sulfide) groups is 1. The van der Waals surface area contributed by atoms with Gasteiger partial charge in [-0.25, -0.2) is 0 Å². The second kappa shape index (κ2) is 5.36. The molecular weight excluding hydrogens is 250 g/mol. The van der Waals surface area contributed by atoms with Gasteiger partial charge in [0.15, 0.2) is 0 Å². The first-order valence-corrected chi connectivity index (χ1v) is 7.24. The van der Waals surface area contributed by atoms with E-state index in [-0.39, 0.29) is 10.7 Å². The molecule has 1 unspecified atom stereocenters. The summed E-state index contributed by atoms with van der Waals surface area (Å²) in [5.41, 5.74) is 0.655. The van der Waals surface area contributed by atoms with E-state index in [9.17, 15) is 4.79 Å². The van der Waals surface area contributed by atoms with E-state index in [2.05, 4.69) is 24.9 Å². The number of carbonyl (C=O) groups is 1. The molecule has 1 aliphatic heterocycles. The fourth-order valence-electron chi connectivity index (χ4n) is 2.00. The quantitative estimate of drug-likeness (QED) is 0.824. The van der Waals surface area contributed by atoms with Crippen molar-refractivity contribution in [3.63, 3.8) is 0 Å². The second-order valence-corrected chi connectivity index (χ2v) is 6.77. The van der Waals surface area contributed by atoms with Crippen LogP contribution in [0, 0.1) is 0 Å². The zero-order valence-corrected chi connectivity index (χ0v) is 11.6. The van der Waals surface area contributed by atoms with Gasteiger partial charge < -0.3 is 5.32 Å². The van der Waals surface area contributed by atoms with Gasteiger partial charge >= 0.3 is 0 Å². The fourth-order valence-corrected chi connectivity index (χ4v) is 3.51. The van der Waals surface area contributed by atoms with Crippen molar-refractivity contribution in [1.29, 1.82) is 0 Å². The third-order valence-corrected chi connectivity index (χ3v) is 5.00. The van der Waals surface area contributed by atoms with E-state index in [0.29, 0.717) is 5.56 Å². The van der Waals surface area contributed by atoms with Crippen molar-refractivity contribution in [3.05, 3.63) is 29.8 Å². The summed E-state index contributed by atoms with van der Waals surface area (Å²) >= 11 is 6.25.